The number of fused-ring (bicyclic) bond motifs is 1. The maximum absolute atomic E-state index is 11.2. The molecular weight excluding hydrogens is 257 g/mol. The van der Waals surface area contributed by atoms with Crippen molar-refractivity contribution >= 4 is 42.2 Å². The molecule has 0 aliphatic carbocycles. The zero-order valence-corrected chi connectivity index (χ0v) is 10.0. The van der Waals surface area contributed by atoms with Crippen LogP contribution in [0.5, 0.6) is 0 Å². The van der Waals surface area contributed by atoms with E-state index in [1.165, 1.54) is 6.20 Å². The molecule has 80 valence electrons. The van der Waals surface area contributed by atoms with Crippen LogP contribution >= 0.6 is 22.3 Å². The molecule has 1 heterocycles. The second-order valence-corrected chi connectivity index (χ2v) is 6.18. The van der Waals surface area contributed by atoms with Gasteiger partial charge in [0.2, 0.25) is 0 Å². The first-order valence-corrected chi connectivity index (χ1v) is 6.80. The van der Waals surface area contributed by atoms with Crippen LogP contribution in [-0.2, 0) is 9.05 Å². The normalized spacial score (nSPS) is 12.2. The molecule has 0 amide bonds. The molecule has 0 unspecified atom stereocenters. The van der Waals surface area contributed by atoms with Gasteiger partial charge in [0, 0.05) is 32.8 Å². The predicted molar refractivity (Wildman–Crippen MR) is 61.1 cm³/mol. The van der Waals surface area contributed by atoms with Crippen LogP contribution in [0, 0.1) is 6.92 Å². The number of hydrogen-bond acceptors (Lipinski definition) is 2. The maximum atomic E-state index is 11.2. The molecule has 0 fully saturated rings. The van der Waals surface area contributed by atoms with Crippen molar-refractivity contribution in [2.75, 3.05) is 0 Å². The standard InChI is InChI=1S/C9H7Cl2NO2S/c1-5-2-6-8(3-7(5)10)12-4-9(6)15(11,13)14/h2-4,12H,1H3. The highest BCUT2D eigenvalue weighted by Crippen LogP contribution is 2.29. The lowest BCUT2D eigenvalue weighted by Crippen LogP contribution is -1.88. The van der Waals surface area contributed by atoms with Gasteiger partial charge >= 0.3 is 0 Å². The molecular formula is C9H7Cl2NO2S. The van der Waals surface area contributed by atoms with E-state index in [0.29, 0.717) is 15.9 Å². The fourth-order valence-electron chi connectivity index (χ4n) is 1.43. The molecule has 1 aromatic heterocycles. The Balaban J connectivity index is 2.87. The Morgan fingerprint density at radius 1 is 1.33 bits per heavy atom. The molecule has 2 rings (SSSR count). The van der Waals surface area contributed by atoms with Crippen LogP contribution in [0.25, 0.3) is 10.9 Å². The number of halogens is 2. The van der Waals surface area contributed by atoms with Crippen molar-refractivity contribution in [1.29, 1.82) is 0 Å². The highest BCUT2D eigenvalue weighted by molar-refractivity contribution is 8.14. The molecule has 3 nitrogen and oxygen atoms in total. The van der Waals surface area contributed by atoms with E-state index in [-0.39, 0.29) is 4.90 Å². The minimum atomic E-state index is -3.72. The number of nitrogens with one attached hydrogen (secondary N) is 1. The summed E-state index contributed by atoms with van der Waals surface area (Å²) in [4.78, 5) is 2.90. The van der Waals surface area contributed by atoms with Gasteiger partial charge in [-0.2, -0.15) is 0 Å². The average Bonchev–Trinajstić information content (AvgIpc) is 2.47. The van der Waals surface area contributed by atoms with Gasteiger partial charge in [0.15, 0.2) is 0 Å². The van der Waals surface area contributed by atoms with E-state index in [4.69, 9.17) is 22.3 Å². The summed E-state index contributed by atoms with van der Waals surface area (Å²) in [6, 6.07) is 3.38. The molecule has 6 heteroatoms. The highest BCUT2D eigenvalue weighted by Gasteiger charge is 2.16. The summed E-state index contributed by atoms with van der Waals surface area (Å²) in [6.07, 6.45) is 1.36. The van der Waals surface area contributed by atoms with Gasteiger partial charge in [-0.15, -0.1) is 0 Å². The Bertz CT molecular complexity index is 631. The number of aryl methyl sites for hydroxylation is 1. The van der Waals surface area contributed by atoms with E-state index in [2.05, 4.69) is 4.98 Å². The molecule has 0 radical (unpaired) electrons. The maximum Gasteiger partial charge on any atom is 0.263 e. The topological polar surface area (TPSA) is 49.9 Å². The first-order chi connectivity index (χ1) is 6.89. The van der Waals surface area contributed by atoms with Gasteiger partial charge < -0.3 is 4.98 Å². The lowest BCUT2D eigenvalue weighted by Gasteiger charge is -1.98. The van der Waals surface area contributed by atoms with E-state index in [1.807, 2.05) is 0 Å². The van der Waals surface area contributed by atoms with E-state index in [1.54, 1.807) is 19.1 Å². The summed E-state index contributed by atoms with van der Waals surface area (Å²) in [6.45, 7) is 1.80. The van der Waals surface area contributed by atoms with Gasteiger partial charge in [0.25, 0.3) is 9.05 Å². The Hall–Kier alpha value is -0.710. The first kappa shape index (κ1) is 10.8. The molecule has 15 heavy (non-hydrogen) atoms. The fraction of sp³-hybridized carbons (Fsp3) is 0.111. The molecule has 2 aromatic rings. The van der Waals surface area contributed by atoms with Crippen molar-refractivity contribution in [3.63, 3.8) is 0 Å². The molecule has 0 saturated carbocycles. The average molecular weight is 264 g/mol. The van der Waals surface area contributed by atoms with Crippen LogP contribution in [0.2, 0.25) is 5.02 Å². The minimum absolute atomic E-state index is 0.0823. The van der Waals surface area contributed by atoms with Crippen molar-refractivity contribution in [2.45, 2.75) is 11.8 Å². The number of hydrogen-bond donors (Lipinski definition) is 1. The molecule has 0 aliphatic rings. The van der Waals surface area contributed by atoms with Gasteiger partial charge in [-0.05, 0) is 24.6 Å². The van der Waals surface area contributed by atoms with Crippen molar-refractivity contribution in [2.24, 2.45) is 0 Å². The Kier molecular flexibility index (Phi) is 2.45. The van der Waals surface area contributed by atoms with Crippen LogP contribution in [0.4, 0.5) is 0 Å². The van der Waals surface area contributed by atoms with Crippen molar-refractivity contribution in [3.8, 4) is 0 Å². The van der Waals surface area contributed by atoms with Crippen LogP contribution in [0.1, 0.15) is 5.56 Å². The highest BCUT2D eigenvalue weighted by atomic mass is 35.7. The molecule has 0 spiro atoms. The molecule has 1 N–H and O–H groups in total. The lowest BCUT2D eigenvalue weighted by molar-refractivity contribution is 0.610. The minimum Gasteiger partial charge on any atom is -0.360 e. The van der Waals surface area contributed by atoms with E-state index >= 15 is 0 Å². The van der Waals surface area contributed by atoms with Crippen LogP contribution in [0.15, 0.2) is 23.2 Å². The van der Waals surface area contributed by atoms with E-state index in [0.717, 1.165) is 5.56 Å². The summed E-state index contributed by atoms with van der Waals surface area (Å²) in [5.41, 5.74) is 1.47. The number of rotatable bonds is 1. The Morgan fingerprint density at radius 3 is 2.60 bits per heavy atom. The third-order valence-corrected chi connectivity index (χ3v) is 3.95. The smallest absolute Gasteiger partial charge is 0.263 e. The monoisotopic (exact) mass is 263 g/mol. The van der Waals surface area contributed by atoms with Crippen molar-refractivity contribution in [1.82, 2.24) is 4.98 Å². The quantitative estimate of drug-likeness (QED) is 0.805. The lowest BCUT2D eigenvalue weighted by atomic mass is 10.2. The SMILES string of the molecule is Cc1cc2c(S(=O)(=O)Cl)c[nH]c2cc1Cl. The Labute approximate surface area is 96.4 Å². The molecule has 0 atom stereocenters. The van der Waals surface area contributed by atoms with E-state index in [9.17, 15) is 8.42 Å². The number of H-pyrrole nitrogens is 1. The molecule has 0 aliphatic heterocycles. The van der Waals surface area contributed by atoms with Crippen molar-refractivity contribution < 1.29 is 8.42 Å². The van der Waals surface area contributed by atoms with Crippen LogP contribution < -0.4 is 0 Å². The predicted octanol–water partition coefficient (Wildman–Crippen LogP) is 3.06. The third kappa shape index (κ3) is 1.85. The molecule has 0 bridgehead atoms. The summed E-state index contributed by atoms with van der Waals surface area (Å²) >= 11 is 5.91. The molecule has 0 saturated heterocycles. The van der Waals surface area contributed by atoms with Crippen molar-refractivity contribution in [3.05, 3.63) is 28.9 Å². The van der Waals surface area contributed by atoms with Gasteiger partial charge in [0.05, 0.1) is 0 Å². The zero-order chi connectivity index (χ0) is 11.2. The van der Waals surface area contributed by atoms with Gasteiger partial charge in [-0.1, -0.05) is 11.6 Å². The largest absolute Gasteiger partial charge is 0.360 e. The van der Waals surface area contributed by atoms with Crippen LogP contribution in [-0.4, -0.2) is 13.4 Å². The third-order valence-electron chi connectivity index (χ3n) is 2.19. The summed E-state index contributed by atoms with van der Waals surface area (Å²) in [5.74, 6) is 0. The summed E-state index contributed by atoms with van der Waals surface area (Å²) in [5, 5.41) is 1.15. The van der Waals surface area contributed by atoms with Crippen LogP contribution in [0.3, 0.4) is 0 Å². The van der Waals surface area contributed by atoms with Gasteiger partial charge in [-0.25, -0.2) is 8.42 Å². The molecule has 1 aromatic carbocycles. The van der Waals surface area contributed by atoms with Gasteiger partial charge in [-0.3, -0.25) is 0 Å². The van der Waals surface area contributed by atoms with E-state index < -0.39 is 9.05 Å². The summed E-state index contributed by atoms with van der Waals surface area (Å²) in [7, 11) is 1.57. The number of aromatic amines is 1. The fourth-order valence-corrected chi connectivity index (χ4v) is 2.61. The zero-order valence-electron chi connectivity index (χ0n) is 7.71. The second-order valence-electron chi connectivity index (χ2n) is 3.24. The first-order valence-electron chi connectivity index (χ1n) is 4.11. The number of benzene rings is 1. The Morgan fingerprint density at radius 2 is 2.00 bits per heavy atom. The number of aromatic nitrogens is 1. The second kappa shape index (κ2) is 3.40. The van der Waals surface area contributed by atoms with Gasteiger partial charge in [0.1, 0.15) is 4.90 Å². The summed E-state index contributed by atoms with van der Waals surface area (Å²) < 4.78 is 22.4.